The Morgan fingerprint density at radius 3 is 2.68 bits per heavy atom. The lowest BCUT2D eigenvalue weighted by Gasteiger charge is -2.29. The fourth-order valence-electron chi connectivity index (χ4n) is 5.87. The molecule has 1 amide bonds. The van der Waals surface area contributed by atoms with Gasteiger partial charge in [0.25, 0.3) is 0 Å². The minimum atomic E-state index is -0.142. The number of benzene rings is 1. The van der Waals surface area contributed by atoms with Crippen LogP contribution in [-0.4, -0.2) is 65.4 Å². The molecule has 218 valence electrons. The maximum atomic E-state index is 12.1. The van der Waals surface area contributed by atoms with Gasteiger partial charge in [0, 0.05) is 61.9 Å². The quantitative estimate of drug-likeness (QED) is 0.335. The molecule has 41 heavy (non-hydrogen) atoms. The zero-order valence-electron chi connectivity index (χ0n) is 24.4. The fourth-order valence-corrected chi connectivity index (χ4v) is 6.22. The SMILES string of the molecule is CCC(=O)Nc1ccc(N2C(=S)N[C@@H](c3ccccn3)[C@@H]2c2cc(C)n(CCCN3CCOCC3)c2C)cc1OC. The van der Waals surface area contributed by atoms with Crippen LogP contribution in [0, 0.1) is 13.8 Å². The molecular weight excluding hydrogens is 536 g/mol. The molecule has 0 saturated carbocycles. The fraction of sp³-hybridized carbons (Fsp3) is 0.452. The van der Waals surface area contributed by atoms with Crippen molar-refractivity contribution in [2.24, 2.45) is 0 Å². The van der Waals surface area contributed by atoms with Gasteiger partial charge in [-0.25, -0.2) is 0 Å². The monoisotopic (exact) mass is 576 g/mol. The van der Waals surface area contributed by atoms with Crippen LogP contribution < -0.4 is 20.3 Å². The van der Waals surface area contributed by atoms with Crippen molar-refractivity contribution in [2.75, 3.05) is 50.2 Å². The molecule has 4 heterocycles. The van der Waals surface area contributed by atoms with Gasteiger partial charge in [0.15, 0.2) is 5.11 Å². The van der Waals surface area contributed by atoms with Crippen LogP contribution in [0.15, 0.2) is 48.7 Å². The van der Waals surface area contributed by atoms with Crippen LogP contribution in [0.2, 0.25) is 0 Å². The van der Waals surface area contributed by atoms with E-state index in [1.54, 1.807) is 7.11 Å². The highest BCUT2D eigenvalue weighted by atomic mass is 32.1. The molecule has 2 saturated heterocycles. The van der Waals surface area contributed by atoms with Crippen LogP contribution in [0.1, 0.15) is 54.5 Å². The second-order valence-corrected chi connectivity index (χ2v) is 11.0. The molecule has 0 spiro atoms. The van der Waals surface area contributed by atoms with Gasteiger partial charge >= 0.3 is 0 Å². The Morgan fingerprint density at radius 1 is 1.17 bits per heavy atom. The summed E-state index contributed by atoms with van der Waals surface area (Å²) in [7, 11) is 1.61. The minimum Gasteiger partial charge on any atom is -0.494 e. The van der Waals surface area contributed by atoms with Crippen molar-refractivity contribution in [3.63, 3.8) is 0 Å². The number of amides is 1. The summed E-state index contributed by atoms with van der Waals surface area (Å²) >= 11 is 5.96. The lowest BCUT2D eigenvalue weighted by atomic mass is 9.96. The van der Waals surface area contributed by atoms with Gasteiger partial charge in [0.1, 0.15) is 5.75 Å². The van der Waals surface area contributed by atoms with Crippen LogP contribution in [0.4, 0.5) is 11.4 Å². The van der Waals surface area contributed by atoms with Gasteiger partial charge in [0.05, 0.1) is 43.8 Å². The summed E-state index contributed by atoms with van der Waals surface area (Å²) in [5.41, 5.74) is 6.11. The molecule has 2 aromatic heterocycles. The first-order valence-corrected chi connectivity index (χ1v) is 14.8. The number of pyridine rings is 1. The third-order valence-corrected chi connectivity index (χ3v) is 8.36. The summed E-state index contributed by atoms with van der Waals surface area (Å²) in [5.74, 6) is 0.518. The van der Waals surface area contributed by atoms with Gasteiger partial charge in [-0.2, -0.15) is 0 Å². The van der Waals surface area contributed by atoms with E-state index >= 15 is 0 Å². The maximum absolute atomic E-state index is 12.1. The standard InChI is InChI=1S/C31H40N6O3S/c1-5-28(38)33-25-11-10-23(20-27(25)39-4)37-30(29(34-31(37)41)26-9-6-7-12-32-26)24-19-21(2)36(22(24)3)14-8-13-35-15-17-40-18-16-35/h6-7,9-12,19-20,29-30H,5,8,13-18H2,1-4H3,(H,33,38)(H,34,41)/t29-,30-/m0/s1. The molecule has 0 aliphatic carbocycles. The normalized spacial score (nSPS) is 19.3. The van der Waals surface area contributed by atoms with E-state index < -0.39 is 0 Å². The van der Waals surface area contributed by atoms with Crippen LogP contribution >= 0.6 is 12.2 Å². The molecule has 9 nitrogen and oxygen atoms in total. The molecule has 2 aliphatic rings. The summed E-state index contributed by atoms with van der Waals surface area (Å²) in [6.07, 6.45) is 3.29. The van der Waals surface area contributed by atoms with Gasteiger partial charge in [-0.05, 0) is 68.4 Å². The van der Waals surface area contributed by atoms with Crippen molar-refractivity contribution < 1.29 is 14.3 Å². The molecule has 2 fully saturated rings. The van der Waals surface area contributed by atoms with E-state index in [0.717, 1.165) is 57.2 Å². The second kappa shape index (κ2) is 13.0. The minimum absolute atomic E-state index is 0.0661. The molecule has 0 bridgehead atoms. The topological polar surface area (TPSA) is 83.9 Å². The smallest absolute Gasteiger partial charge is 0.224 e. The van der Waals surface area contributed by atoms with E-state index in [0.29, 0.717) is 23.0 Å². The highest BCUT2D eigenvalue weighted by Crippen LogP contribution is 2.44. The summed E-state index contributed by atoms with van der Waals surface area (Å²) in [6.45, 7) is 11.9. The van der Waals surface area contributed by atoms with Gasteiger partial charge in [-0.15, -0.1) is 0 Å². The number of methoxy groups -OCH3 is 1. The number of hydrogen-bond acceptors (Lipinski definition) is 6. The largest absolute Gasteiger partial charge is 0.494 e. The Balaban J connectivity index is 1.49. The van der Waals surface area contributed by atoms with Crippen molar-refractivity contribution >= 4 is 34.6 Å². The highest BCUT2D eigenvalue weighted by molar-refractivity contribution is 7.80. The van der Waals surface area contributed by atoms with Crippen LogP contribution in [0.3, 0.4) is 0 Å². The van der Waals surface area contributed by atoms with Crippen LogP contribution in [0.5, 0.6) is 5.75 Å². The third kappa shape index (κ3) is 6.24. The first-order chi connectivity index (χ1) is 19.9. The van der Waals surface area contributed by atoms with Crippen molar-refractivity contribution in [1.29, 1.82) is 0 Å². The first kappa shape index (κ1) is 29.0. The lowest BCUT2D eigenvalue weighted by Crippen LogP contribution is -2.37. The number of nitrogens with one attached hydrogen (secondary N) is 2. The number of nitrogens with zero attached hydrogens (tertiary/aromatic N) is 4. The summed E-state index contributed by atoms with van der Waals surface area (Å²) in [5, 5.41) is 7.11. The summed E-state index contributed by atoms with van der Waals surface area (Å²) < 4.78 is 13.6. The number of aryl methyl sites for hydroxylation is 1. The highest BCUT2D eigenvalue weighted by Gasteiger charge is 2.42. The first-order valence-electron chi connectivity index (χ1n) is 14.4. The lowest BCUT2D eigenvalue weighted by molar-refractivity contribution is -0.115. The van der Waals surface area contributed by atoms with E-state index in [1.807, 2.05) is 49.5 Å². The Morgan fingerprint density at radius 2 is 1.98 bits per heavy atom. The number of anilines is 2. The Bertz CT molecular complexity index is 1370. The van der Waals surface area contributed by atoms with Crippen molar-refractivity contribution in [2.45, 2.75) is 52.2 Å². The second-order valence-electron chi connectivity index (χ2n) is 10.6. The molecule has 0 radical (unpaired) electrons. The van der Waals surface area contributed by atoms with E-state index in [9.17, 15) is 4.79 Å². The Kier molecular flexibility index (Phi) is 9.22. The molecule has 1 aromatic carbocycles. The van der Waals surface area contributed by atoms with E-state index in [2.05, 4.69) is 44.9 Å². The number of carbonyl (C=O) groups excluding carboxylic acids is 1. The van der Waals surface area contributed by atoms with Crippen molar-refractivity contribution in [3.05, 3.63) is 71.3 Å². The summed E-state index contributed by atoms with van der Waals surface area (Å²) in [6, 6.07) is 13.8. The number of rotatable bonds is 10. The van der Waals surface area contributed by atoms with Crippen LogP contribution in [-0.2, 0) is 16.1 Å². The molecule has 10 heteroatoms. The Labute approximate surface area is 247 Å². The molecule has 5 rings (SSSR count). The number of ether oxygens (including phenoxy) is 2. The average molecular weight is 577 g/mol. The summed E-state index contributed by atoms with van der Waals surface area (Å²) in [4.78, 5) is 21.4. The predicted octanol–water partition coefficient (Wildman–Crippen LogP) is 4.76. The average Bonchev–Trinajstić information content (AvgIpc) is 3.49. The molecule has 3 aromatic rings. The molecular formula is C31H40N6O3S. The van der Waals surface area contributed by atoms with E-state index in [4.69, 9.17) is 26.7 Å². The van der Waals surface area contributed by atoms with E-state index in [-0.39, 0.29) is 18.0 Å². The van der Waals surface area contributed by atoms with Gasteiger partial charge in [-0.1, -0.05) is 13.0 Å². The van der Waals surface area contributed by atoms with Gasteiger partial charge < -0.3 is 29.6 Å². The third-order valence-electron chi connectivity index (χ3n) is 8.05. The number of carbonyl (C=O) groups is 1. The molecule has 2 N–H and O–H groups in total. The predicted molar refractivity (Wildman–Crippen MR) is 166 cm³/mol. The molecule has 2 aliphatic heterocycles. The van der Waals surface area contributed by atoms with Crippen LogP contribution in [0.25, 0.3) is 0 Å². The van der Waals surface area contributed by atoms with E-state index in [1.165, 1.54) is 17.0 Å². The van der Waals surface area contributed by atoms with Crippen molar-refractivity contribution in [1.82, 2.24) is 19.8 Å². The number of thiocarbonyl (C=S) groups is 1. The molecule has 0 unspecified atom stereocenters. The zero-order chi connectivity index (χ0) is 28.9. The number of morpholine rings is 1. The van der Waals surface area contributed by atoms with Gasteiger partial charge in [0.2, 0.25) is 5.91 Å². The number of aromatic nitrogens is 2. The Hall–Kier alpha value is -3.47. The number of hydrogen-bond donors (Lipinski definition) is 2. The maximum Gasteiger partial charge on any atom is 0.224 e. The van der Waals surface area contributed by atoms with Crippen molar-refractivity contribution in [3.8, 4) is 5.75 Å². The zero-order valence-corrected chi connectivity index (χ0v) is 25.2. The molecule has 2 atom stereocenters. The van der Waals surface area contributed by atoms with Gasteiger partial charge in [-0.3, -0.25) is 14.7 Å².